The Balaban J connectivity index is 2.25. The fourth-order valence-corrected chi connectivity index (χ4v) is 1.66. The first-order valence-electron chi connectivity index (χ1n) is 4.67. The average molecular weight is 266 g/mol. The molecule has 0 saturated heterocycles. The topological polar surface area (TPSA) is 29.9 Å². The van der Waals surface area contributed by atoms with E-state index < -0.39 is 0 Å². The summed E-state index contributed by atoms with van der Waals surface area (Å²) in [5.74, 6) is 0.839. The van der Waals surface area contributed by atoms with Crippen LogP contribution < -0.4 is 5.32 Å². The van der Waals surface area contributed by atoms with Crippen molar-refractivity contribution in [2.45, 2.75) is 6.92 Å². The van der Waals surface area contributed by atoms with Gasteiger partial charge in [-0.25, -0.2) is 4.98 Å². The van der Waals surface area contributed by atoms with Crippen molar-refractivity contribution in [1.29, 1.82) is 0 Å². The van der Waals surface area contributed by atoms with Gasteiger partial charge in [0.15, 0.2) is 0 Å². The van der Waals surface area contributed by atoms with Crippen molar-refractivity contribution in [2.75, 3.05) is 5.32 Å². The number of aromatic nitrogens is 2. The van der Waals surface area contributed by atoms with Gasteiger partial charge in [0.2, 0.25) is 5.95 Å². The van der Waals surface area contributed by atoms with E-state index in [1.54, 1.807) is 6.20 Å². The lowest BCUT2D eigenvalue weighted by molar-refractivity contribution is 0.924. The lowest BCUT2D eigenvalue weighted by Gasteiger charge is -2.07. The molecule has 0 bridgehead atoms. The number of nitrogens with zero attached hydrogens (tertiary/aromatic N) is 2. The molecule has 0 fully saturated rings. The molecular weight excluding hydrogens is 254 g/mol. The van der Waals surface area contributed by atoms with Gasteiger partial charge in [0, 0.05) is 29.6 Å². The number of benzene rings is 1. The number of imidazole rings is 1. The van der Waals surface area contributed by atoms with Crippen molar-refractivity contribution in [3.63, 3.8) is 0 Å². The standard InChI is InChI=1S/C11H12BrN3/c1-8-3-4-9(7-10(8)12)14-11-13-5-6-15(11)2/h3-7H,1-2H3,(H,13,14). The second-order valence-corrected chi connectivity index (χ2v) is 4.31. The van der Waals surface area contributed by atoms with E-state index in [0.29, 0.717) is 0 Å². The van der Waals surface area contributed by atoms with Crippen LogP contribution in [0.5, 0.6) is 0 Å². The van der Waals surface area contributed by atoms with Crippen LogP contribution in [0.2, 0.25) is 0 Å². The molecule has 15 heavy (non-hydrogen) atoms. The predicted molar refractivity (Wildman–Crippen MR) is 65.4 cm³/mol. The van der Waals surface area contributed by atoms with Crippen LogP contribution in [0.15, 0.2) is 35.1 Å². The molecular formula is C11H12BrN3. The second-order valence-electron chi connectivity index (χ2n) is 3.45. The van der Waals surface area contributed by atoms with Crippen molar-refractivity contribution in [2.24, 2.45) is 7.05 Å². The molecule has 2 rings (SSSR count). The Kier molecular flexibility index (Phi) is 2.77. The summed E-state index contributed by atoms with van der Waals surface area (Å²) in [5, 5.41) is 3.24. The van der Waals surface area contributed by atoms with Crippen LogP contribution >= 0.6 is 15.9 Å². The van der Waals surface area contributed by atoms with Gasteiger partial charge < -0.3 is 9.88 Å². The Labute approximate surface area is 97.3 Å². The van der Waals surface area contributed by atoms with Gasteiger partial charge in [0.25, 0.3) is 0 Å². The van der Waals surface area contributed by atoms with E-state index >= 15 is 0 Å². The third-order valence-electron chi connectivity index (χ3n) is 2.25. The number of hydrogen-bond donors (Lipinski definition) is 1. The van der Waals surface area contributed by atoms with E-state index in [2.05, 4.69) is 39.2 Å². The van der Waals surface area contributed by atoms with E-state index in [9.17, 15) is 0 Å². The van der Waals surface area contributed by atoms with E-state index in [1.165, 1.54) is 5.56 Å². The highest BCUT2D eigenvalue weighted by molar-refractivity contribution is 9.10. The van der Waals surface area contributed by atoms with Crippen LogP contribution in [0.3, 0.4) is 0 Å². The summed E-state index contributed by atoms with van der Waals surface area (Å²) >= 11 is 3.50. The Morgan fingerprint density at radius 2 is 2.20 bits per heavy atom. The van der Waals surface area contributed by atoms with Crippen molar-refractivity contribution in [3.05, 3.63) is 40.6 Å². The van der Waals surface area contributed by atoms with Gasteiger partial charge in [-0.3, -0.25) is 0 Å². The minimum Gasteiger partial charge on any atom is -0.326 e. The number of hydrogen-bond acceptors (Lipinski definition) is 2. The van der Waals surface area contributed by atoms with E-state index in [1.807, 2.05) is 29.9 Å². The maximum absolute atomic E-state index is 4.20. The minimum atomic E-state index is 0.839. The highest BCUT2D eigenvalue weighted by atomic mass is 79.9. The van der Waals surface area contributed by atoms with Gasteiger partial charge in [-0.1, -0.05) is 22.0 Å². The van der Waals surface area contributed by atoms with Crippen molar-refractivity contribution in [3.8, 4) is 0 Å². The molecule has 3 nitrogen and oxygen atoms in total. The van der Waals surface area contributed by atoms with Crippen LogP contribution in [0.1, 0.15) is 5.56 Å². The highest BCUT2D eigenvalue weighted by Gasteiger charge is 2.01. The maximum Gasteiger partial charge on any atom is 0.207 e. The SMILES string of the molecule is Cc1ccc(Nc2nccn2C)cc1Br. The van der Waals surface area contributed by atoms with Gasteiger partial charge >= 0.3 is 0 Å². The molecule has 4 heteroatoms. The summed E-state index contributed by atoms with van der Waals surface area (Å²) in [5.41, 5.74) is 2.25. The quantitative estimate of drug-likeness (QED) is 0.904. The fraction of sp³-hybridized carbons (Fsp3) is 0.182. The molecule has 1 N–H and O–H groups in total. The number of anilines is 2. The molecule has 0 aliphatic carbocycles. The lowest BCUT2D eigenvalue weighted by Crippen LogP contribution is -1.98. The predicted octanol–water partition coefficient (Wildman–Crippen LogP) is 3.23. The number of aryl methyl sites for hydroxylation is 2. The largest absolute Gasteiger partial charge is 0.326 e. The van der Waals surface area contributed by atoms with Crippen LogP contribution in [0.4, 0.5) is 11.6 Å². The Morgan fingerprint density at radius 1 is 1.40 bits per heavy atom. The first kappa shape index (κ1) is 10.2. The summed E-state index contributed by atoms with van der Waals surface area (Å²) in [6, 6.07) is 6.15. The molecule has 0 saturated carbocycles. The first-order valence-corrected chi connectivity index (χ1v) is 5.46. The maximum atomic E-state index is 4.20. The molecule has 0 aliphatic rings. The molecule has 1 aromatic carbocycles. The van der Waals surface area contributed by atoms with Crippen molar-refractivity contribution < 1.29 is 0 Å². The Hall–Kier alpha value is -1.29. The van der Waals surface area contributed by atoms with Crippen molar-refractivity contribution in [1.82, 2.24) is 9.55 Å². The molecule has 0 radical (unpaired) electrons. The summed E-state index contributed by atoms with van der Waals surface area (Å²) in [7, 11) is 1.96. The lowest BCUT2D eigenvalue weighted by atomic mass is 10.2. The Morgan fingerprint density at radius 3 is 2.80 bits per heavy atom. The van der Waals surface area contributed by atoms with Gasteiger partial charge in [0.05, 0.1) is 0 Å². The van der Waals surface area contributed by atoms with Crippen LogP contribution in [-0.2, 0) is 7.05 Å². The van der Waals surface area contributed by atoms with E-state index in [0.717, 1.165) is 16.1 Å². The number of halogens is 1. The molecule has 2 aromatic rings. The van der Waals surface area contributed by atoms with Gasteiger partial charge in [-0.15, -0.1) is 0 Å². The molecule has 0 atom stereocenters. The molecule has 0 aliphatic heterocycles. The summed E-state index contributed by atoms with van der Waals surface area (Å²) in [6.07, 6.45) is 3.68. The third-order valence-corrected chi connectivity index (χ3v) is 3.10. The molecule has 1 aromatic heterocycles. The smallest absolute Gasteiger partial charge is 0.207 e. The highest BCUT2D eigenvalue weighted by Crippen LogP contribution is 2.22. The van der Waals surface area contributed by atoms with E-state index in [-0.39, 0.29) is 0 Å². The monoisotopic (exact) mass is 265 g/mol. The van der Waals surface area contributed by atoms with Crippen LogP contribution in [-0.4, -0.2) is 9.55 Å². The van der Waals surface area contributed by atoms with Crippen molar-refractivity contribution >= 4 is 27.6 Å². The first-order chi connectivity index (χ1) is 7.16. The minimum absolute atomic E-state index is 0.839. The van der Waals surface area contributed by atoms with Crippen LogP contribution in [0.25, 0.3) is 0 Å². The summed E-state index contributed by atoms with van der Waals surface area (Å²) in [6.45, 7) is 2.06. The third kappa shape index (κ3) is 2.21. The Bertz CT molecular complexity index is 476. The van der Waals surface area contributed by atoms with Gasteiger partial charge in [-0.2, -0.15) is 0 Å². The van der Waals surface area contributed by atoms with Crippen LogP contribution in [0, 0.1) is 6.92 Å². The number of rotatable bonds is 2. The van der Waals surface area contributed by atoms with Gasteiger partial charge in [0.1, 0.15) is 0 Å². The molecule has 1 heterocycles. The molecule has 0 spiro atoms. The average Bonchev–Trinajstić information content (AvgIpc) is 2.59. The summed E-state index contributed by atoms with van der Waals surface area (Å²) < 4.78 is 3.04. The zero-order valence-electron chi connectivity index (χ0n) is 8.66. The zero-order chi connectivity index (χ0) is 10.8. The zero-order valence-corrected chi connectivity index (χ0v) is 10.2. The normalized spacial score (nSPS) is 10.3. The summed E-state index contributed by atoms with van der Waals surface area (Å²) in [4.78, 5) is 4.20. The molecule has 0 amide bonds. The molecule has 78 valence electrons. The number of nitrogens with one attached hydrogen (secondary N) is 1. The van der Waals surface area contributed by atoms with E-state index in [4.69, 9.17) is 0 Å². The molecule has 0 unspecified atom stereocenters. The fourth-order valence-electron chi connectivity index (χ4n) is 1.29. The second kappa shape index (κ2) is 4.06. The van der Waals surface area contributed by atoms with Gasteiger partial charge in [-0.05, 0) is 24.6 Å².